The summed E-state index contributed by atoms with van der Waals surface area (Å²) < 4.78 is 10.4. The minimum atomic E-state index is -1.13. The molecule has 1 aliphatic heterocycles. The first-order valence-corrected chi connectivity index (χ1v) is 8.73. The summed E-state index contributed by atoms with van der Waals surface area (Å²) in [5.41, 5.74) is -0.559. The van der Waals surface area contributed by atoms with E-state index >= 15 is 0 Å². The number of likely N-dealkylation sites (tertiary alicyclic amines) is 1. The van der Waals surface area contributed by atoms with E-state index in [0.717, 1.165) is 38.8 Å². The van der Waals surface area contributed by atoms with Gasteiger partial charge in [-0.15, -0.1) is 0 Å². The molecule has 0 saturated carbocycles. The van der Waals surface area contributed by atoms with Crippen molar-refractivity contribution in [2.75, 3.05) is 32.6 Å². The van der Waals surface area contributed by atoms with Crippen molar-refractivity contribution in [1.29, 1.82) is 0 Å². The second-order valence-corrected chi connectivity index (χ2v) is 6.86. The molecule has 1 aromatic carbocycles. The van der Waals surface area contributed by atoms with Crippen molar-refractivity contribution >= 4 is 17.5 Å². The van der Waals surface area contributed by atoms with E-state index in [2.05, 4.69) is 5.32 Å². The number of carbonyl (C=O) groups is 2. The van der Waals surface area contributed by atoms with E-state index in [1.807, 2.05) is 4.90 Å². The van der Waals surface area contributed by atoms with Gasteiger partial charge in [-0.3, -0.25) is 9.59 Å². The lowest BCUT2D eigenvalue weighted by molar-refractivity contribution is -0.146. The molecule has 138 valence electrons. The number of nitrogens with zero attached hydrogens (tertiary/aromatic N) is 1. The molecule has 0 aromatic heterocycles. The van der Waals surface area contributed by atoms with Gasteiger partial charge in [0.15, 0.2) is 11.5 Å². The van der Waals surface area contributed by atoms with Gasteiger partial charge in [0.2, 0.25) is 11.8 Å². The molecule has 0 aliphatic carbocycles. The van der Waals surface area contributed by atoms with Crippen molar-refractivity contribution in [1.82, 2.24) is 4.90 Å². The van der Waals surface area contributed by atoms with Gasteiger partial charge in [-0.1, -0.05) is 12.8 Å². The van der Waals surface area contributed by atoms with Gasteiger partial charge in [-0.2, -0.15) is 0 Å². The van der Waals surface area contributed by atoms with Crippen LogP contribution in [0.2, 0.25) is 0 Å². The molecule has 0 spiro atoms. The van der Waals surface area contributed by atoms with Crippen LogP contribution in [0.4, 0.5) is 5.69 Å². The number of hydrogen-bond donors (Lipinski definition) is 1. The molecule has 1 fully saturated rings. The van der Waals surface area contributed by atoms with Crippen LogP contribution in [0.3, 0.4) is 0 Å². The maximum Gasteiger partial charge on any atom is 0.239 e. The molecule has 1 heterocycles. The zero-order valence-corrected chi connectivity index (χ0v) is 15.6. The number of carbonyl (C=O) groups excluding carboxylic acids is 2. The fourth-order valence-electron chi connectivity index (χ4n) is 2.97. The third kappa shape index (κ3) is 4.44. The number of amides is 2. The van der Waals surface area contributed by atoms with Gasteiger partial charge in [0.05, 0.1) is 14.2 Å². The Balaban J connectivity index is 2.11. The lowest BCUT2D eigenvalue weighted by Crippen LogP contribution is -2.47. The summed E-state index contributed by atoms with van der Waals surface area (Å²) in [5, 5.41) is 2.82. The van der Waals surface area contributed by atoms with Crippen LogP contribution < -0.4 is 14.8 Å². The van der Waals surface area contributed by atoms with Crippen LogP contribution in [0, 0.1) is 5.41 Å². The third-order valence-corrected chi connectivity index (χ3v) is 4.64. The van der Waals surface area contributed by atoms with E-state index < -0.39 is 5.41 Å². The minimum Gasteiger partial charge on any atom is -0.493 e. The monoisotopic (exact) mass is 348 g/mol. The Bertz CT molecular complexity index is 620. The Morgan fingerprint density at radius 3 is 2.16 bits per heavy atom. The zero-order valence-electron chi connectivity index (χ0n) is 15.6. The average molecular weight is 348 g/mol. The van der Waals surface area contributed by atoms with Crippen LogP contribution in [0.25, 0.3) is 0 Å². The first kappa shape index (κ1) is 19.1. The molecule has 2 rings (SSSR count). The number of rotatable bonds is 5. The summed E-state index contributed by atoms with van der Waals surface area (Å²) >= 11 is 0. The predicted molar refractivity (Wildman–Crippen MR) is 97.0 cm³/mol. The summed E-state index contributed by atoms with van der Waals surface area (Å²) in [6.07, 6.45) is 4.28. The molecule has 0 radical (unpaired) electrons. The first-order valence-electron chi connectivity index (χ1n) is 8.73. The van der Waals surface area contributed by atoms with Gasteiger partial charge in [-0.05, 0) is 38.8 Å². The van der Waals surface area contributed by atoms with E-state index in [1.54, 1.807) is 39.2 Å². The molecule has 1 N–H and O–H groups in total. The Morgan fingerprint density at radius 2 is 1.60 bits per heavy atom. The van der Waals surface area contributed by atoms with Gasteiger partial charge >= 0.3 is 0 Å². The zero-order chi connectivity index (χ0) is 18.4. The number of anilines is 1. The number of benzene rings is 1. The van der Waals surface area contributed by atoms with Crippen molar-refractivity contribution in [3.63, 3.8) is 0 Å². The molecular weight excluding hydrogens is 320 g/mol. The van der Waals surface area contributed by atoms with Crippen molar-refractivity contribution in [2.45, 2.75) is 39.5 Å². The van der Waals surface area contributed by atoms with Crippen molar-refractivity contribution in [2.24, 2.45) is 5.41 Å². The third-order valence-electron chi connectivity index (χ3n) is 4.64. The summed E-state index contributed by atoms with van der Waals surface area (Å²) in [6, 6.07) is 5.13. The maximum absolute atomic E-state index is 12.8. The van der Waals surface area contributed by atoms with E-state index in [1.165, 1.54) is 7.11 Å². The largest absolute Gasteiger partial charge is 0.493 e. The highest BCUT2D eigenvalue weighted by Crippen LogP contribution is 2.31. The summed E-state index contributed by atoms with van der Waals surface area (Å²) in [7, 11) is 3.09. The van der Waals surface area contributed by atoms with E-state index in [9.17, 15) is 9.59 Å². The van der Waals surface area contributed by atoms with Crippen LogP contribution in [0.15, 0.2) is 18.2 Å². The maximum atomic E-state index is 12.8. The highest BCUT2D eigenvalue weighted by atomic mass is 16.5. The fourth-order valence-corrected chi connectivity index (χ4v) is 2.97. The highest BCUT2D eigenvalue weighted by Gasteiger charge is 2.39. The van der Waals surface area contributed by atoms with Crippen LogP contribution in [0.1, 0.15) is 39.5 Å². The Labute approximate surface area is 149 Å². The highest BCUT2D eigenvalue weighted by molar-refractivity contribution is 6.09. The van der Waals surface area contributed by atoms with E-state index in [0.29, 0.717) is 17.2 Å². The Hall–Kier alpha value is -2.24. The fraction of sp³-hybridized carbons (Fsp3) is 0.579. The molecule has 6 heteroatoms. The smallest absolute Gasteiger partial charge is 0.239 e. The van der Waals surface area contributed by atoms with Gasteiger partial charge in [0.25, 0.3) is 0 Å². The van der Waals surface area contributed by atoms with Gasteiger partial charge in [0, 0.05) is 24.8 Å². The first-order chi connectivity index (χ1) is 11.9. The van der Waals surface area contributed by atoms with Gasteiger partial charge < -0.3 is 19.7 Å². The average Bonchev–Trinajstić information content (AvgIpc) is 2.90. The topological polar surface area (TPSA) is 67.9 Å². The molecule has 1 aliphatic rings. The summed E-state index contributed by atoms with van der Waals surface area (Å²) in [6.45, 7) is 4.81. The van der Waals surface area contributed by atoms with Crippen molar-refractivity contribution in [3.05, 3.63) is 18.2 Å². The lowest BCUT2D eigenvalue weighted by atomic mass is 9.90. The minimum absolute atomic E-state index is 0.118. The van der Waals surface area contributed by atoms with Crippen molar-refractivity contribution in [3.8, 4) is 11.5 Å². The number of methoxy groups -OCH3 is 2. The molecule has 6 nitrogen and oxygen atoms in total. The molecule has 0 bridgehead atoms. The predicted octanol–water partition coefficient (Wildman–Crippen LogP) is 3.07. The molecule has 0 unspecified atom stereocenters. The summed E-state index contributed by atoms with van der Waals surface area (Å²) in [5.74, 6) is 0.665. The van der Waals surface area contributed by atoms with Gasteiger partial charge in [-0.25, -0.2) is 0 Å². The van der Waals surface area contributed by atoms with Gasteiger partial charge in [0.1, 0.15) is 5.41 Å². The summed E-state index contributed by atoms with van der Waals surface area (Å²) in [4.78, 5) is 27.4. The van der Waals surface area contributed by atoms with Crippen LogP contribution in [-0.2, 0) is 9.59 Å². The number of ether oxygens (including phenoxy) is 2. The number of nitrogens with one attached hydrogen (secondary N) is 1. The molecule has 1 aromatic rings. The molecule has 0 atom stereocenters. The Morgan fingerprint density at radius 1 is 1.00 bits per heavy atom. The van der Waals surface area contributed by atoms with Crippen LogP contribution in [-0.4, -0.2) is 44.0 Å². The van der Waals surface area contributed by atoms with Crippen molar-refractivity contribution < 1.29 is 19.1 Å². The lowest BCUT2D eigenvalue weighted by Gasteiger charge is -2.30. The molecule has 1 saturated heterocycles. The van der Waals surface area contributed by atoms with Crippen LogP contribution in [0.5, 0.6) is 11.5 Å². The Kier molecular flexibility index (Phi) is 6.28. The standard InChI is InChI=1S/C19H28N2O4/c1-19(2,18(23)21-11-7-5-6-8-12-21)17(22)20-14-9-10-15(24-3)16(13-14)25-4/h9-10,13H,5-8,11-12H2,1-4H3,(H,20,22). The second-order valence-electron chi connectivity index (χ2n) is 6.86. The quantitative estimate of drug-likeness (QED) is 0.831. The van der Waals surface area contributed by atoms with E-state index in [-0.39, 0.29) is 11.8 Å². The molecule has 25 heavy (non-hydrogen) atoms. The SMILES string of the molecule is COc1ccc(NC(=O)C(C)(C)C(=O)N2CCCCCC2)cc1OC. The molecule has 2 amide bonds. The second kappa shape index (κ2) is 8.23. The van der Waals surface area contributed by atoms with Crippen LogP contribution >= 0.6 is 0 Å². The molecular formula is C19H28N2O4. The number of hydrogen-bond acceptors (Lipinski definition) is 4. The van der Waals surface area contributed by atoms with E-state index in [4.69, 9.17) is 9.47 Å². The normalized spacial score (nSPS) is 15.3.